The summed E-state index contributed by atoms with van der Waals surface area (Å²) in [5.41, 5.74) is 0.850. The fourth-order valence-electron chi connectivity index (χ4n) is 3.11. The van der Waals surface area contributed by atoms with Gasteiger partial charge in [0, 0.05) is 19.3 Å². The number of fused-ring (bicyclic) bond motifs is 1. The molecule has 0 bridgehead atoms. The summed E-state index contributed by atoms with van der Waals surface area (Å²) >= 11 is 0. The maximum Gasteiger partial charge on any atom is 0.280 e. The molecule has 130 valence electrons. The van der Waals surface area contributed by atoms with Gasteiger partial charge >= 0.3 is 0 Å². The van der Waals surface area contributed by atoms with Crippen LogP contribution in [0, 0.1) is 6.92 Å². The Bertz CT molecular complexity index is 819. The Morgan fingerprint density at radius 3 is 2.52 bits per heavy atom. The molecule has 2 amide bonds. The Balaban J connectivity index is 2.02. The van der Waals surface area contributed by atoms with Crippen LogP contribution in [0.3, 0.4) is 0 Å². The van der Waals surface area contributed by atoms with E-state index >= 15 is 0 Å². The van der Waals surface area contributed by atoms with E-state index in [1.807, 2.05) is 56.3 Å². The van der Waals surface area contributed by atoms with Crippen molar-refractivity contribution < 1.29 is 14.3 Å². The molecular weight excluding hydrogens is 316 g/mol. The number of likely N-dealkylation sites (N-methyl/N-ethyl adjacent to an activating group) is 2. The van der Waals surface area contributed by atoms with Gasteiger partial charge in [0.15, 0.2) is 0 Å². The molecule has 2 aromatic rings. The number of rotatable bonds is 3. The van der Waals surface area contributed by atoms with Crippen LogP contribution in [0.25, 0.3) is 0 Å². The van der Waals surface area contributed by atoms with Crippen LogP contribution < -0.4 is 14.5 Å². The minimum atomic E-state index is -1.59. The molecule has 0 N–H and O–H groups in total. The van der Waals surface area contributed by atoms with E-state index < -0.39 is 5.60 Å². The van der Waals surface area contributed by atoms with Crippen molar-refractivity contribution in [3.63, 3.8) is 0 Å². The number of benzene rings is 2. The van der Waals surface area contributed by atoms with Gasteiger partial charge in [0.05, 0.1) is 5.69 Å². The minimum Gasteiger partial charge on any atom is -0.465 e. The van der Waals surface area contributed by atoms with Crippen molar-refractivity contribution in [2.75, 3.05) is 23.4 Å². The Morgan fingerprint density at radius 1 is 1.20 bits per heavy atom. The molecular formula is C20H22N2O3. The van der Waals surface area contributed by atoms with Gasteiger partial charge < -0.3 is 14.5 Å². The fraction of sp³-hybridized carbons (Fsp3) is 0.300. The quantitative estimate of drug-likeness (QED) is 0.808. The second kappa shape index (κ2) is 6.24. The van der Waals surface area contributed by atoms with Crippen molar-refractivity contribution in [3.8, 4) is 5.75 Å². The second-order valence-electron chi connectivity index (χ2n) is 6.36. The monoisotopic (exact) mass is 338 g/mol. The Kier molecular flexibility index (Phi) is 4.25. The van der Waals surface area contributed by atoms with Gasteiger partial charge in [-0.05, 0) is 50.6 Å². The first kappa shape index (κ1) is 17.0. The highest BCUT2D eigenvalue weighted by molar-refractivity contribution is 6.20. The number of carbonyl (C=O) groups excluding carboxylic acids is 2. The lowest BCUT2D eigenvalue weighted by atomic mass is 9.98. The average Bonchev–Trinajstić information content (AvgIpc) is 2.62. The van der Waals surface area contributed by atoms with Crippen molar-refractivity contribution >= 4 is 23.2 Å². The molecule has 1 aliphatic heterocycles. The molecule has 2 aromatic carbocycles. The van der Waals surface area contributed by atoms with Crippen LogP contribution in [0.5, 0.6) is 5.75 Å². The second-order valence-corrected chi connectivity index (χ2v) is 6.36. The lowest BCUT2D eigenvalue weighted by Crippen LogP contribution is -2.62. The van der Waals surface area contributed by atoms with Crippen LogP contribution in [0.4, 0.5) is 11.4 Å². The molecule has 0 saturated heterocycles. The molecule has 5 nitrogen and oxygen atoms in total. The molecule has 0 fully saturated rings. The maximum absolute atomic E-state index is 13.2. The largest absolute Gasteiger partial charge is 0.465 e. The zero-order valence-corrected chi connectivity index (χ0v) is 14.9. The van der Waals surface area contributed by atoms with Crippen LogP contribution in [0.2, 0.25) is 0 Å². The predicted octanol–water partition coefficient (Wildman–Crippen LogP) is 3.16. The molecule has 0 saturated carbocycles. The van der Waals surface area contributed by atoms with Crippen LogP contribution in [-0.2, 0) is 9.59 Å². The van der Waals surface area contributed by atoms with Gasteiger partial charge in [-0.1, -0.05) is 24.3 Å². The minimum absolute atomic E-state index is 0.370. The number of nitrogens with zero attached hydrogens (tertiary/aromatic N) is 2. The molecule has 1 atom stereocenters. The summed E-state index contributed by atoms with van der Waals surface area (Å²) in [6.07, 6.45) is 0. The highest BCUT2D eigenvalue weighted by Gasteiger charge is 2.51. The first-order chi connectivity index (χ1) is 11.9. The van der Waals surface area contributed by atoms with Crippen molar-refractivity contribution in [3.05, 3.63) is 54.1 Å². The normalized spacial score (nSPS) is 19.2. The molecule has 5 heteroatoms. The standard InChI is InChI=1S/C20H22N2O3/c1-5-22(15-9-7-6-8-10-15)19(24)20(3)18(23)21(4)16-13-14(2)11-12-17(16)25-20/h6-13H,5H2,1-4H3. The van der Waals surface area contributed by atoms with Gasteiger partial charge in [-0.15, -0.1) is 0 Å². The molecule has 1 heterocycles. The zero-order valence-electron chi connectivity index (χ0n) is 14.9. The van der Waals surface area contributed by atoms with Gasteiger partial charge in [0.2, 0.25) is 0 Å². The highest BCUT2D eigenvalue weighted by atomic mass is 16.5. The number of hydrogen-bond acceptors (Lipinski definition) is 3. The molecule has 25 heavy (non-hydrogen) atoms. The lowest BCUT2D eigenvalue weighted by molar-refractivity contribution is -0.146. The highest BCUT2D eigenvalue weighted by Crippen LogP contribution is 2.38. The molecule has 0 aromatic heterocycles. The van der Waals surface area contributed by atoms with E-state index in [1.54, 1.807) is 24.9 Å². The number of anilines is 2. The first-order valence-corrected chi connectivity index (χ1v) is 8.33. The van der Waals surface area contributed by atoms with E-state index in [-0.39, 0.29) is 11.8 Å². The molecule has 3 rings (SSSR count). The summed E-state index contributed by atoms with van der Waals surface area (Å²) in [5, 5.41) is 0. The van der Waals surface area contributed by atoms with Crippen LogP contribution in [0.1, 0.15) is 19.4 Å². The predicted molar refractivity (Wildman–Crippen MR) is 98.1 cm³/mol. The van der Waals surface area contributed by atoms with Crippen molar-refractivity contribution in [1.82, 2.24) is 0 Å². The van der Waals surface area contributed by atoms with Crippen molar-refractivity contribution in [1.29, 1.82) is 0 Å². The molecule has 0 aliphatic carbocycles. The number of carbonyl (C=O) groups is 2. The number of aryl methyl sites for hydroxylation is 1. The van der Waals surface area contributed by atoms with E-state index in [0.29, 0.717) is 18.0 Å². The van der Waals surface area contributed by atoms with Crippen LogP contribution in [-0.4, -0.2) is 31.0 Å². The van der Waals surface area contributed by atoms with E-state index in [4.69, 9.17) is 4.74 Å². The van der Waals surface area contributed by atoms with E-state index in [1.165, 1.54) is 4.90 Å². The molecule has 0 radical (unpaired) electrons. The molecule has 1 aliphatic rings. The topological polar surface area (TPSA) is 49.9 Å². The van der Waals surface area contributed by atoms with E-state index in [2.05, 4.69) is 0 Å². The lowest BCUT2D eigenvalue weighted by Gasteiger charge is -2.40. The fourth-order valence-corrected chi connectivity index (χ4v) is 3.11. The van der Waals surface area contributed by atoms with Gasteiger partial charge in [0.1, 0.15) is 5.75 Å². The maximum atomic E-state index is 13.2. The first-order valence-electron chi connectivity index (χ1n) is 8.33. The smallest absolute Gasteiger partial charge is 0.280 e. The third kappa shape index (κ3) is 2.76. The van der Waals surface area contributed by atoms with Crippen molar-refractivity contribution in [2.45, 2.75) is 26.4 Å². The van der Waals surface area contributed by atoms with Gasteiger partial charge in [-0.25, -0.2) is 0 Å². The van der Waals surface area contributed by atoms with Gasteiger partial charge in [0.25, 0.3) is 17.4 Å². The van der Waals surface area contributed by atoms with E-state index in [0.717, 1.165) is 11.3 Å². The summed E-state index contributed by atoms with van der Waals surface area (Å²) in [6, 6.07) is 14.9. The van der Waals surface area contributed by atoms with Gasteiger partial charge in [-0.3, -0.25) is 9.59 Å². The summed E-state index contributed by atoms with van der Waals surface area (Å²) in [5.74, 6) is -0.207. The third-order valence-corrected chi connectivity index (χ3v) is 4.54. The third-order valence-electron chi connectivity index (χ3n) is 4.54. The molecule has 1 unspecified atom stereocenters. The number of amides is 2. The average molecular weight is 338 g/mol. The Labute approximate surface area is 147 Å². The Morgan fingerprint density at radius 2 is 1.88 bits per heavy atom. The van der Waals surface area contributed by atoms with E-state index in [9.17, 15) is 9.59 Å². The summed E-state index contributed by atoms with van der Waals surface area (Å²) in [7, 11) is 1.67. The zero-order chi connectivity index (χ0) is 18.2. The summed E-state index contributed by atoms with van der Waals surface area (Å²) < 4.78 is 5.94. The van der Waals surface area contributed by atoms with Crippen LogP contribution in [0.15, 0.2) is 48.5 Å². The van der Waals surface area contributed by atoms with Crippen LogP contribution >= 0.6 is 0 Å². The number of ether oxygens (including phenoxy) is 1. The molecule has 0 spiro atoms. The Hall–Kier alpha value is -2.82. The number of para-hydroxylation sites is 1. The summed E-state index contributed by atoms with van der Waals surface area (Å²) in [4.78, 5) is 29.3. The number of hydrogen-bond donors (Lipinski definition) is 0. The SMILES string of the molecule is CCN(C(=O)C1(C)Oc2ccc(C)cc2N(C)C1=O)c1ccccc1. The van der Waals surface area contributed by atoms with Crippen molar-refractivity contribution in [2.24, 2.45) is 0 Å². The van der Waals surface area contributed by atoms with Gasteiger partial charge in [-0.2, -0.15) is 0 Å². The summed E-state index contributed by atoms with van der Waals surface area (Å²) in [6.45, 7) is 5.82.